The molecule has 0 amide bonds. The Morgan fingerprint density at radius 2 is 1.78 bits per heavy atom. The Morgan fingerprint density at radius 1 is 1.07 bits per heavy atom. The smallest absolute Gasteiger partial charge is 0.161 e. The van der Waals surface area contributed by atoms with Crippen molar-refractivity contribution in [1.29, 1.82) is 0 Å². The minimum Gasteiger partial charge on any atom is -0.490 e. The first kappa shape index (κ1) is 20.2. The molecule has 2 aromatic rings. The second-order valence-electron chi connectivity index (χ2n) is 5.99. The van der Waals surface area contributed by atoms with Crippen molar-refractivity contribution in [1.82, 2.24) is 4.90 Å². The van der Waals surface area contributed by atoms with Crippen LogP contribution in [0.3, 0.4) is 0 Å². The fourth-order valence-electron chi connectivity index (χ4n) is 2.80. The standard InChI is InChI=1S/C20H21Cl2NO3S/c1-2-25-19-12-14(20(27)23-8-10-24-11-9-23)6-7-18(19)26-13-15-16(21)4-3-5-17(15)22/h3-7,12H,2,8-11,13H2,1H3. The molecule has 0 aliphatic carbocycles. The van der Waals surface area contributed by atoms with Gasteiger partial charge in [0.2, 0.25) is 0 Å². The van der Waals surface area contributed by atoms with Gasteiger partial charge < -0.3 is 19.1 Å². The van der Waals surface area contributed by atoms with Crippen LogP contribution in [0.4, 0.5) is 0 Å². The fourth-order valence-corrected chi connectivity index (χ4v) is 3.61. The topological polar surface area (TPSA) is 30.9 Å². The Morgan fingerprint density at radius 3 is 2.44 bits per heavy atom. The minimum atomic E-state index is 0.256. The van der Waals surface area contributed by atoms with Gasteiger partial charge in [0.1, 0.15) is 11.6 Å². The molecule has 4 nitrogen and oxygen atoms in total. The van der Waals surface area contributed by atoms with E-state index in [1.807, 2.05) is 25.1 Å². The third-order valence-corrected chi connectivity index (χ3v) is 5.42. The molecule has 1 aliphatic rings. The molecule has 1 fully saturated rings. The lowest BCUT2D eigenvalue weighted by molar-refractivity contribution is 0.0693. The van der Waals surface area contributed by atoms with Crippen LogP contribution in [-0.2, 0) is 11.3 Å². The van der Waals surface area contributed by atoms with Crippen LogP contribution in [0.15, 0.2) is 36.4 Å². The summed E-state index contributed by atoms with van der Waals surface area (Å²) >= 11 is 18.1. The predicted molar refractivity (Wildman–Crippen MR) is 112 cm³/mol. The Kier molecular flexibility index (Phi) is 7.19. The first-order valence-corrected chi connectivity index (χ1v) is 9.96. The number of rotatable bonds is 6. The molecule has 0 saturated carbocycles. The Labute approximate surface area is 174 Å². The first-order valence-electron chi connectivity index (χ1n) is 8.79. The number of thiocarbonyl (C=S) groups is 1. The molecule has 27 heavy (non-hydrogen) atoms. The molecule has 144 valence electrons. The van der Waals surface area contributed by atoms with Crippen LogP contribution in [0.25, 0.3) is 0 Å². The van der Waals surface area contributed by atoms with Gasteiger partial charge in [-0.3, -0.25) is 0 Å². The van der Waals surface area contributed by atoms with Gasteiger partial charge in [-0.25, -0.2) is 0 Å². The quantitative estimate of drug-likeness (QED) is 0.609. The summed E-state index contributed by atoms with van der Waals surface area (Å²) in [4.78, 5) is 2.94. The maximum atomic E-state index is 6.22. The molecular formula is C20H21Cl2NO3S. The van der Waals surface area contributed by atoms with E-state index in [4.69, 9.17) is 49.6 Å². The van der Waals surface area contributed by atoms with E-state index in [0.29, 0.717) is 41.4 Å². The van der Waals surface area contributed by atoms with Crippen LogP contribution < -0.4 is 9.47 Å². The predicted octanol–water partition coefficient (Wildman–Crippen LogP) is 4.98. The second kappa shape index (κ2) is 9.60. The fraction of sp³-hybridized carbons (Fsp3) is 0.350. The minimum absolute atomic E-state index is 0.256. The lowest BCUT2D eigenvalue weighted by Crippen LogP contribution is -2.40. The summed E-state index contributed by atoms with van der Waals surface area (Å²) in [5.74, 6) is 1.27. The average molecular weight is 426 g/mol. The van der Waals surface area contributed by atoms with Crippen molar-refractivity contribution in [3.63, 3.8) is 0 Å². The van der Waals surface area contributed by atoms with Gasteiger partial charge in [-0.1, -0.05) is 41.5 Å². The molecule has 1 aliphatic heterocycles. The number of benzene rings is 2. The summed E-state index contributed by atoms with van der Waals surface area (Å²) in [6.45, 7) is 5.69. The van der Waals surface area contributed by atoms with E-state index in [1.165, 1.54) is 0 Å². The largest absolute Gasteiger partial charge is 0.490 e. The lowest BCUT2D eigenvalue weighted by atomic mass is 10.1. The van der Waals surface area contributed by atoms with Crippen LogP contribution >= 0.6 is 35.4 Å². The van der Waals surface area contributed by atoms with Gasteiger partial charge in [-0.15, -0.1) is 0 Å². The Hall–Kier alpha value is -1.53. The van der Waals surface area contributed by atoms with Crippen molar-refractivity contribution in [3.05, 3.63) is 57.6 Å². The van der Waals surface area contributed by atoms with Gasteiger partial charge >= 0.3 is 0 Å². The first-order chi connectivity index (χ1) is 13.1. The molecule has 0 N–H and O–H groups in total. The number of hydrogen-bond acceptors (Lipinski definition) is 4. The van der Waals surface area contributed by atoms with E-state index >= 15 is 0 Å². The van der Waals surface area contributed by atoms with Gasteiger partial charge in [-0.2, -0.15) is 0 Å². The van der Waals surface area contributed by atoms with Crippen molar-refractivity contribution in [2.45, 2.75) is 13.5 Å². The van der Waals surface area contributed by atoms with E-state index in [9.17, 15) is 0 Å². The van der Waals surface area contributed by atoms with Crippen molar-refractivity contribution in [2.75, 3.05) is 32.9 Å². The van der Waals surface area contributed by atoms with Gasteiger partial charge in [0.15, 0.2) is 11.5 Å². The van der Waals surface area contributed by atoms with Crippen LogP contribution in [0, 0.1) is 0 Å². The SMILES string of the molecule is CCOc1cc(C(=S)N2CCOCC2)ccc1OCc1c(Cl)cccc1Cl. The molecule has 2 aromatic carbocycles. The van der Waals surface area contributed by atoms with E-state index in [-0.39, 0.29) is 6.61 Å². The highest BCUT2D eigenvalue weighted by molar-refractivity contribution is 7.80. The molecule has 0 atom stereocenters. The molecule has 0 aromatic heterocycles. The van der Waals surface area contributed by atoms with E-state index in [2.05, 4.69) is 4.90 Å². The summed E-state index contributed by atoms with van der Waals surface area (Å²) in [7, 11) is 0. The summed E-state index contributed by atoms with van der Waals surface area (Å²) < 4.78 is 17.1. The molecule has 1 heterocycles. The van der Waals surface area contributed by atoms with Crippen molar-refractivity contribution < 1.29 is 14.2 Å². The third kappa shape index (κ3) is 5.05. The van der Waals surface area contributed by atoms with Crippen molar-refractivity contribution in [2.24, 2.45) is 0 Å². The Bertz CT molecular complexity index is 790. The van der Waals surface area contributed by atoms with E-state index in [1.54, 1.807) is 18.2 Å². The summed E-state index contributed by atoms with van der Waals surface area (Å²) in [5.41, 5.74) is 1.68. The third-order valence-electron chi connectivity index (χ3n) is 4.22. The van der Waals surface area contributed by atoms with E-state index < -0.39 is 0 Å². The highest BCUT2D eigenvalue weighted by Gasteiger charge is 2.17. The second-order valence-corrected chi connectivity index (χ2v) is 7.19. The molecule has 0 bridgehead atoms. The van der Waals surface area contributed by atoms with E-state index in [0.717, 1.165) is 29.2 Å². The normalized spacial score (nSPS) is 14.1. The number of ether oxygens (including phenoxy) is 3. The zero-order valence-electron chi connectivity index (χ0n) is 15.0. The summed E-state index contributed by atoms with van der Waals surface area (Å²) in [5, 5.41) is 1.15. The zero-order valence-corrected chi connectivity index (χ0v) is 17.4. The zero-order chi connectivity index (χ0) is 19.2. The van der Waals surface area contributed by atoms with Crippen LogP contribution in [0.5, 0.6) is 11.5 Å². The van der Waals surface area contributed by atoms with Gasteiger partial charge in [0, 0.05) is 34.3 Å². The Balaban J connectivity index is 1.78. The lowest BCUT2D eigenvalue weighted by Gasteiger charge is -2.29. The van der Waals surface area contributed by atoms with Gasteiger partial charge in [-0.05, 0) is 37.3 Å². The maximum absolute atomic E-state index is 6.22. The molecule has 0 radical (unpaired) electrons. The van der Waals surface area contributed by atoms with Gasteiger partial charge in [0.05, 0.1) is 19.8 Å². The number of halogens is 2. The monoisotopic (exact) mass is 425 g/mol. The van der Waals surface area contributed by atoms with Gasteiger partial charge in [0.25, 0.3) is 0 Å². The number of hydrogen-bond donors (Lipinski definition) is 0. The summed E-state index contributed by atoms with van der Waals surface area (Å²) in [6, 6.07) is 11.1. The molecular weight excluding hydrogens is 405 g/mol. The molecule has 0 spiro atoms. The van der Waals surface area contributed by atoms with Crippen molar-refractivity contribution in [3.8, 4) is 11.5 Å². The molecule has 3 rings (SSSR count). The molecule has 0 unspecified atom stereocenters. The number of morpholine rings is 1. The van der Waals surface area contributed by atoms with Crippen molar-refractivity contribution >= 4 is 40.4 Å². The highest BCUT2D eigenvalue weighted by Crippen LogP contribution is 2.32. The van der Waals surface area contributed by atoms with Crippen LogP contribution in [0.2, 0.25) is 10.0 Å². The maximum Gasteiger partial charge on any atom is 0.161 e. The highest BCUT2D eigenvalue weighted by atomic mass is 35.5. The molecule has 7 heteroatoms. The number of nitrogens with zero attached hydrogens (tertiary/aromatic N) is 1. The van der Waals surface area contributed by atoms with Crippen LogP contribution in [-0.4, -0.2) is 42.8 Å². The van der Waals surface area contributed by atoms with Crippen LogP contribution in [0.1, 0.15) is 18.1 Å². The average Bonchev–Trinajstić information content (AvgIpc) is 2.69. The summed E-state index contributed by atoms with van der Waals surface area (Å²) in [6.07, 6.45) is 0. The molecule has 1 saturated heterocycles.